The molecule has 1 rings (SSSR count). The van der Waals surface area contributed by atoms with Crippen molar-refractivity contribution in [2.45, 2.75) is 71.1 Å². The van der Waals surface area contributed by atoms with Crippen LogP contribution < -0.4 is 10.6 Å². The minimum atomic E-state index is -1.31. The number of carbonyl (C=O) groups excluding carboxylic acids is 2. The number of carbonyl (C=O) groups is 3. The van der Waals surface area contributed by atoms with Crippen LogP contribution in [0, 0.1) is 0 Å². The molecule has 0 atom stereocenters. The molecule has 0 heterocycles. The van der Waals surface area contributed by atoms with E-state index in [9.17, 15) is 19.5 Å². The van der Waals surface area contributed by atoms with E-state index >= 15 is 0 Å². The van der Waals surface area contributed by atoms with Gasteiger partial charge in [0.05, 0.1) is 12.3 Å². The average Bonchev–Trinajstić information content (AvgIpc) is 2.78. The number of hydrogen-bond acceptors (Lipinski definition) is 6. The highest BCUT2D eigenvalue weighted by molar-refractivity contribution is 7.99. The normalized spacial score (nSPS) is 10.6. The standard InChI is InChI=1S/C24H38N2O6S/c1-2-3-4-5-6-7-8-9-10-11-16-33-18-22(28)25-14-15-32-24(31)26-19-12-13-21(27)20(17-19)23(29)30/h12-13,17,27H,2-11,14-16,18H2,1H3,(H,25,28)(H,26,31)(H,29,30). The molecule has 0 radical (unpaired) electrons. The molecule has 0 bridgehead atoms. The first-order chi connectivity index (χ1) is 15.9. The quantitative estimate of drug-likeness (QED) is 0.163. The summed E-state index contributed by atoms with van der Waals surface area (Å²) in [5, 5.41) is 23.5. The van der Waals surface area contributed by atoms with Crippen LogP contribution in [-0.2, 0) is 9.53 Å². The Balaban J connectivity index is 1.99. The molecular formula is C24H38N2O6S. The second kappa shape index (κ2) is 18.1. The summed E-state index contributed by atoms with van der Waals surface area (Å²) in [4.78, 5) is 34.6. The molecule has 0 unspecified atom stereocenters. The van der Waals surface area contributed by atoms with Crippen molar-refractivity contribution in [2.24, 2.45) is 0 Å². The third-order valence-electron chi connectivity index (χ3n) is 5.01. The van der Waals surface area contributed by atoms with Gasteiger partial charge in [-0.2, -0.15) is 11.8 Å². The highest BCUT2D eigenvalue weighted by Crippen LogP contribution is 2.21. The summed E-state index contributed by atoms with van der Waals surface area (Å²) in [7, 11) is 0. The van der Waals surface area contributed by atoms with Crippen molar-refractivity contribution >= 4 is 35.4 Å². The average molecular weight is 483 g/mol. The molecule has 0 fully saturated rings. The van der Waals surface area contributed by atoms with Crippen LogP contribution in [0.15, 0.2) is 18.2 Å². The first kappa shape index (κ1) is 28.6. The van der Waals surface area contributed by atoms with Gasteiger partial charge in [0, 0.05) is 5.69 Å². The Hall–Kier alpha value is -2.42. The Labute approximate surface area is 200 Å². The Morgan fingerprint density at radius 2 is 1.61 bits per heavy atom. The van der Waals surface area contributed by atoms with Gasteiger partial charge in [-0.1, -0.05) is 64.7 Å². The van der Waals surface area contributed by atoms with Gasteiger partial charge in [-0.05, 0) is 30.4 Å². The molecule has 0 spiro atoms. The van der Waals surface area contributed by atoms with Crippen molar-refractivity contribution in [3.8, 4) is 5.75 Å². The van der Waals surface area contributed by atoms with E-state index < -0.39 is 17.8 Å². The maximum absolute atomic E-state index is 11.8. The number of aromatic carboxylic acids is 1. The molecule has 1 aromatic rings. The number of hydrogen-bond donors (Lipinski definition) is 4. The van der Waals surface area contributed by atoms with E-state index in [1.165, 1.54) is 69.9 Å². The number of nitrogens with one attached hydrogen (secondary N) is 2. The summed E-state index contributed by atoms with van der Waals surface area (Å²) in [6, 6.07) is 3.66. The van der Waals surface area contributed by atoms with Gasteiger partial charge in [-0.15, -0.1) is 0 Å². The maximum atomic E-state index is 11.8. The molecule has 4 N–H and O–H groups in total. The molecule has 0 saturated heterocycles. The van der Waals surface area contributed by atoms with Crippen molar-refractivity contribution < 1.29 is 29.3 Å². The Kier molecular flexibility index (Phi) is 15.7. The number of aromatic hydroxyl groups is 1. The molecule has 1 aromatic carbocycles. The number of amides is 2. The monoisotopic (exact) mass is 482 g/mol. The Bertz CT molecular complexity index is 729. The second-order valence-corrected chi connectivity index (χ2v) is 8.99. The van der Waals surface area contributed by atoms with E-state index in [-0.39, 0.29) is 30.3 Å². The number of benzene rings is 1. The lowest BCUT2D eigenvalue weighted by Gasteiger charge is -2.09. The van der Waals surface area contributed by atoms with Gasteiger partial charge in [0.15, 0.2) is 0 Å². The fourth-order valence-electron chi connectivity index (χ4n) is 3.18. The molecule has 9 heteroatoms. The third-order valence-corrected chi connectivity index (χ3v) is 6.05. The largest absolute Gasteiger partial charge is 0.507 e. The number of thioether (sulfide) groups is 1. The molecule has 0 aliphatic heterocycles. The van der Waals surface area contributed by atoms with Gasteiger partial charge in [0.2, 0.25) is 5.91 Å². The summed E-state index contributed by atoms with van der Waals surface area (Å²) in [5.74, 6) is -0.447. The number of carboxylic acids is 1. The number of ether oxygens (including phenoxy) is 1. The maximum Gasteiger partial charge on any atom is 0.411 e. The molecule has 0 aliphatic carbocycles. The Morgan fingerprint density at radius 1 is 0.970 bits per heavy atom. The van der Waals surface area contributed by atoms with Crippen LogP contribution in [0.5, 0.6) is 5.75 Å². The van der Waals surface area contributed by atoms with Crippen LogP contribution >= 0.6 is 11.8 Å². The number of phenols is 1. The summed E-state index contributed by atoms with van der Waals surface area (Å²) < 4.78 is 4.96. The van der Waals surface area contributed by atoms with E-state index in [0.717, 1.165) is 18.2 Å². The van der Waals surface area contributed by atoms with Gasteiger partial charge in [-0.25, -0.2) is 9.59 Å². The van der Waals surface area contributed by atoms with E-state index in [1.54, 1.807) is 11.8 Å². The summed E-state index contributed by atoms with van der Waals surface area (Å²) in [6.07, 6.45) is 12.2. The van der Waals surface area contributed by atoms with Crippen LogP contribution in [0.3, 0.4) is 0 Å². The SMILES string of the molecule is CCCCCCCCCCCCSCC(=O)NCCOC(=O)Nc1ccc(O)c(C(=O)O)c1. The molecule has 0 aliphatic rings. The molecule has 186 valence electrons. The van der Waals surface area contributed by atoms with Crippen molar-refractivity contribution in [2.75, 3.05) is 30.0 Å². The molecular weight excluding hydrogens is 444 g/mol. The van der Waals surface area contributed by atoms with Crippen LogP contribution in [0.4, 0.5) is 10.5 Å². The fourth-order valence-corrected chi connectivity index (χ4v) is 4.02. The zero-order chi connectivity index (χ0) is 24.3. The van der Waals surface area contributed by atoms with Crippen LogP contribution in [0.25, 0.3) is 0 Å². The third kappa shape index (κ3) is 14.4. The first-order valence-electron chi connectivity index (χ1n) is 11.8. The van der Waals surface area contributed by atoms with Crippen molar-refractivity contribution in [1.82, 2.24) is 5.32 Å². The van der Waals surface area contributed by atoms with E-state index in [0.29, 0.717) is 5.75 Å². The highest BCUT2D eigenvalue weighted by Gasteiger charge is 2.12. The van der Waals surface area contributed by atoms with Gasteiger partial charge in [0.1, 0.15) is 17.9 Å². The lowest BCUT2D eigenvalue weighted by Crippen LogP contribution is -2.30. The Morgan fingerprint density at radius 3 is 2.24 bits per heavy atom. The summed E-state index contributed by atoms with van der Waals surface area (Å²) >= 11 is 1.61. The van der Waals surface area contributed by atoms with E-state index in [2.05, 4.69) is 17.6 Å². The highest BCUT2D eigenvalue weighted by atomic mass is 32.2. The van der Waals surface area contributed by atoms with E-state index in [1.807, 2.05) is 0 Å². The molecule has 33 heavy (non-hydrogen) atoms. The van der Waals surface area contributed by atoms with Crippen LogP contribution in [0.2, 0.25) is 0 Å². The van der Waals surface area contributed by atoms with Crippen LogP contribution in [0.1, 0.15) is 81.5 Å². The minimum absolute atomic E-state index is 0.00937. The number of anilines is 1. The predicted octanol–water partition coefficient (Wildman–Crippen LogP) is 5.41. The topological polar surface area (TPSA) is 125 Å². The van der Waals surface area contributed by atoms with E-state index in [4.69, 9.17) is 9.84 Å². The fraction of sp³-hybridized carbons (Fsp3) is 0.625. The summed E-state index contributed by atoms with van der Waals surface area (Å²) in [5.41, 5.74) is -0.141. The summed E-state index contributed by atoms with van der Waals surface area (Å²) in [6.45, 7) is 2.42. The smallest absolute Gasteiger partial charge is 0.411 e. The van der Waals surface area contributed by atoms with Gasteiger partial charge < -0.3 is 20.3 Å². The zero-order valence-electron chi connectivity index (χ0n) is 19.6. The number of carboxylic acid groups (broad SMARTS) is 1. The zero-order valence-corrected chi connectivity index (χ0v) is 20.4. The second-order valence-electron chi connectivity index (χ2n) is 7.88. The van der Waals surface area contributed by atoms with Crippen molar-refractivity contribution in [3.05, 3.63) is 23.8 Å². The predicted molar refractivity (Wildman–Crippen MR) is 132 cm³/mol. The van der Waals surface area contributed by atoms with Gasteiger partial charge in [-0.3, -0.25) is 10.1 Å². The first-order valence-corrected chi connectivity index (χ1v) is 12.9. The molecule has 2 amide bonds. The lowest BCUT2D eigenvalue weighted by molar-refractivity contribution is -0.118. The molecule has 8 nitrogen and oxygen atoms in total. The lowest BCUT2D eigenvalue weighted by atomic mass is 10.1. The van der Waals surface area contributed by atoms with Gasteiger partial charge in [0.25, 0.3) is 0 Å². The molecule has 0 aromatic heterocycles. The number of rotatable bonds is 18. The van der Waals surface area contributed by atoms with Crippen molar-refractivity contribution in [1.29, 1.82) is 0 Å². The molecule has 0 saturated carbocycles. The van der Waals surface area contributed by atoms with Crippen LogP contribution in [-0.4, -0.2) is 52.8 Å². The van der Waals surface area contributed by atoms with Crippen molar-refractivity contribution in [3.63, 3.8) is 0 Å². The minimum Gasteiger partial charge on any atom is -0.507 e. The van der Waals surface area contributed by atoms with Gasteiger partial charge >= 0.3 is 12.1 Å². The number of unbranched alkanes of at least 4 members (excludes halogenated alkanes) is 9.